The number of hydrogen-bond donors (Lipinski definition) is 1. The number of ether oxygens (including phenoxy) is 1. The summed E-state index contributed by atoms with van der Waals surface area (Å²) in [5, 5.41) is 13.5. The molecule has 21 heavy (non-hydrogen) atoms. The average molecular weight is 288 g/mol. The molecule has 1 aromatic carbocycles. The summed E-state index contributed by atoms with van der Waals surface area (Å²) in [6.45, 7) is 2.17. The van der Waals surface area contributed by atoms with Crippen LogP contribution in [0.2, 0.25) is 0 Å². The van der Waals surface area contributed by atoms with E-state index in [9.17, 15) is 14.9 Å². The number of amides is 1. The summed E-state index contributed by atoms with van der Waals surface area (Å²) in [6.07, 6.45) is 3.93. The molecule has 0 bridgehead atoms. The molecule has 0 aliphatic heterocycles. The van der Waals surface area contributed by atoms with E-state index in [1.165, 1.54) is 30.9 Å². The van der Waals surface area contributed by atoms with Crippen molar-refractivity contribution in [2.45, 2.75) is 6.92 Å². The van der Waals surface area contributed by atoms with E-state index in [0.717, 1.165) is 0 Å². The molecule has 8 heteroatoms. The zero-order valence-electron chi connectivity index (χ0n) is 11.1. The molecule has 0 saturated heterocycles. The highest BCUT2D eigenvalue weighted by atomic mass is 16.6. The zero-order valence-corrected chi connectivity index (χ0v) is 11.1. The number of rotatable bonds is 5. The van der Waals surface area contributed by atoms with Crippen LogP contribution in [0.25, 0.3) is 0 Å². The topological polar surface area (TPSA) is 107 Å². The standard InChI is InChI=1S/C13H12N4O4/c1-2-21-10-3-4-11(12(5-10)17(19)20)16-13(18)9-6-14-8-15-7-9/h3-8H,2H2,1H3,(H,16,18). The second kappa shape index (κ2) is 6.42. The lowest BCUT2D eigenvalue weighted by Gasteiger charge is -2.08. The summed E-state index contributed by atoms with van der Waals surface area (Å²) < 4.78 is 5.20. The highest BCUT2D eigenvalue weighted by molar-refractivity contribution is 6.05. The predicted octanol–water partition coefficient (Wildman–Crippen LogP) is 2.04. The normalized spacial score (nSPS) is 9.95. The number of carbonyl (C=O) groups excluding carboxylic acids is 1. The molecular weight excluding hydrogens is 276 g/mol. The number of nitro groups is 1. The van der Waals surface area contributed by atoms with Gasteiger partial charge < -0.3 is 10.1 Å². The molecule has 1 aromatic heterocycles. The van der Waals surface area contributed by atoms with Crippen LogP contribution < -0.4 is 10.1 Å². The minimum Gasteiger partial charge on any atom is -0.494 e. The van der Waals surface area contributed by atoms with Crippen molar-refractivity contribution in [3.63, 3.8) is 0 Å². The van der Waals surface area contributed by atoms with Crippen LogP contribution in [-0.4, -0.2) is 27.4 Å². The summed E-state index contributed by atoms with van der Waals surface area (Å²) in [6, 6.07) is 4.24. The first-order valence-electron chi connectivity index (χ1n) is 6.09. The van der Waals surface area contributed by atoms with E-state index in [1.54, 1.807) is 13.0 Å². The molecule has 108 valence electrons. The van der Waals surface area contributed by atoms with Crippen molar-refractivity contribution >= 4 is 17.3 Å². The molecule has 1 amide bonds. The Bertz CT molecular complexity index is 660. The van der Waals surface area contributed by atoms with Crippen molar-refractivity contribution in [1.29, 1.82) is 0 Å². The largest absolute Gasteiger partial charge is 0.494 e. The average Bonchev–Trinajstić information content (AvgIpc) is 2.49. The number of anilines is 1. The third-order valence-electron chi connectivity index (χ3n) is 2.55. The molecule has 0 unspecified atom stereocenters. The van der Waals surface area contributed by atoms with E-state index in [2.05, 4.69) is 15.3 Å². The van der Waals surface area contributed by atoms with Gasteiger partial charge in [-0.2, -0.15) is 0 Å². The van der Waals surface area contributed by atoms with Gasteiger partial charge in [0.2, 0.25) is 0 Å². The first-order valence-corrected chi connectivity index (χ1v) is 6.09. The maximum Gasteiger partial charge on any atom is 0.296 e. The lowest BCUT2D eigenvalue weighted by atomic mass is 10.2. The van der Waals surface area contributed by atoms with Crippen molar-refractivity contribution in [3.05, 3.63) is 52.6 Å². The lowest BCUT2D eigenvalue weighted by molar-refractivity contribution is -0.384. The van der Waals surface area contributed by atoms with Gasteiger partial charge in [0.25, 0.3) is 11.6 Å². The summed E-state index contributed by atoms with van der Waals surface area (Å²) in [7, 11) is 0. The number of nitrogens with zero attached hydrogens (tertiary/aromatic N) is 3. The first kappa shape index (κ1) is 14.4. The highest BCUT2D eigenvalue weighted by Crippen LogP contribution is 2.29. The molecule has 0 fully saturated rings. The second-order valence-corrected chi connectivity index (χ2v) is 3.95. The van der Waals surface area contributed by atoms with Gasteiger partial charge in [-0.1, -0.05) is 0 Å². The van der Waals surface area contributed by atoms with Crippen LogP contribution in [0.4, 0.5) is 11.4 Å². The molecule has 1 N–H and O–H groups in total. The minimum atomic E-state index is -0.584. The summed E-state index contributed by atoms with van der Waals surface area (Å²) in [5.74, 6) is -0.159. The number of aromatic nitrogens is 2. The molecule has 0 aliphatic carbocycles. The number of nitro benzene ring substituents is 1. The lowest BCUT2D eigenvalue weighted by Crippen LogP contribution is -2.13. The molecule has 0 saturated carbocycles. The van der Waals surface area contributed by atoms with Crippen LogP contribution in [-0.2, 0) is 0 Å². The van der Waals surface area contributed by atoms with Crippen molar-refractivity contribution in [2.75, 3.05) is 11.9 Å². The molecule has 0 atom stereocenters. The molecule has 0 radical (unpaired) electrons. The minimum absolute atomic E-state index is 0.0808. The van der Waals surface area contributed by atoms with Crippen molar-refractivity contribution in [1.82, 2.24) is 9.97 Å². The number of carbonyl (C=O) groups is 1. The van der Waals surface area contributed by atoms with E-state index in [0.29, 0.717) is 12.4 Å². The van der Waals surface area contributed by atoms with E-state index >= 15 is 0 Å². The van der Waals surface area contributed by atoms with Crippen molar-refractivity contribution < 1.29 is 14.5 Å². The number of benzene rings is 1. The fourth-order valence-electron chi connectivity index (χ4n) is 1.64. The maximum absolute atomic E-state index is 12.0. The third-order valence-corrected chi connectivity index (χ3v) is 2.55. The van der Waals surface area contributed by atoms with Crippen LogP contribution in [0.1, 0.15) is 17.3 Å². The summed E-state index contributed by atoms with van der Waals surface area (Å²) >= 11 is 0. The molecule has 2 aromatic rings. The number of hydrogen-bond acceptors (Lipinski definition) is 6. The maximum atomic E-state index is 12.0. The smallest absolute Gasteiger partial charge is 0.296 e. The molecule has 1 heterocycles. The van der Waals surface area contributed by atoms with E-state index in [4.69, 9.17) is 4.74 Å². The molecular formula is C13H12N4O4. The summed E-state index contributed by atoms with van der Waals surface area (Å²) in [5.41, 5.74) is 0.0455. The van der Waals surface area contributed by atoms with Gasteiger partial charge in [0.1, 0.15) is 17.8 Å². The van der Waals surface area contributed by atoms with Gasteiger partial charge >= 0.3 is 0 Å². The van der Waals surface area contributed by atoms with Gasteiger partial charge in [-0.25, -0.2) is 9.97 Å². The molecule has 8 nitrogen and oxygen atoms in total. The first-order chi connectivity index (χ1) is 10.1. The van der Waals surface area contributed by atoms with Crippen LogP contribution in [0, 0.1) is 10.1 Å². The fourth-order valence-corrected chi connectivity index (χ4v) is 1.64. The number of nitrogens with one attached hydrogen (secondary N) is 1. The van der Waals surface area contributed by atoms with Crippen molar-refractivity contribution in [2.24, 2.45) is 0 Å². The molecule has 2 rings (SSSR count). The zero-order chi connectivity index (χ0) is 15.2. The van der Waals surface area contributed by atoms with Crippen LogP contribution in [0.5, 0.6) is 5.75 Å². The Morgan fingerprint density at radius 3 is 2.71 bits per heavy atom. The van der Waals surface area contributed by atoms with E-state index in [-0.39, 0.29) is 16.9 Å². The highest BCUT2D eigenvalue weighted by Gasteiger charge is 2.18. The van der Waals surface area contributed by atoms with Gasteiger partial charge in [-0.05, 0) is 19.1 Å². The SMILES string of the molecule is CCOc1ccc(NC(=O)c2cncnc2)c([N+](=O)[O-])c1. The quantitative estimate of drug-likeness (QED) is 0.666. The monoisotopic (exact) mass is 288 g/mol. The Morgan fingerprint density at radius 2 is 2.10 bits per heavy atom. The third kappa shape index (κ3) is 3.50. The van der Waals surface area contributed by atoms with E-state index in [1.807, 2.05) is 0 Å². The van der Waals surface area contributed by atoms with Gasteiger partial charge in [-0.3, -0.25) is 14.9 Å². The Morgan fingerprint density at radius 1 is 1.38 bits per heavy atom. The van der Waals surface area contributed by atoms with Crippen LogP contribution in [0.15, 0.2) is 36.9 Å². The Hall–Kier alpha value is -3.03. The van der Waals surface area contributed by atoms with Gasteiger partial charge in [0.15, 0.2) is 0 Å². The Kier molecular flexibility index (Phi) is 4.39. The molecule has 0 aliphatic rings. The fraction of sp³-hybridized carbons (Fsp3) is 0.154. The van der Waals surface area contributed by atoms with Gasteiger partial charge in [0.05, 0.1) is 23.2 Å². The van der Waals surface area contributed by atoms with E-state index < -0.39 is 10.8 Å². The summed E-state index contributed by atoms with van der Waals surface area (Å²) in [4.78, 5) is 29.9. The molecule has 0 spiro atoms. The Labute approximate surface area is 120 Å². The van der Waals surface area contributed by atoms with Gasteiger partial charge in [-0.15, -0.1) is 0 Å². The van der Waals surface area contributed by atoms with Crippen LogP contribution in [0.3, 0.4) is 0 Å². The van der Waals surface area contributed by atoms with Gasteiger partial charge in [0, 0.05) is 12.4 Å². The second-order valence-electron chi connectivity index (χ2n) is 3.95. The van der Waals surface area contributed by atoms with Crippen LogP contribution >= 0.6 is 0 Å². The Balaban J connectivity index is 2.27. The predicted molar refractivity (Wildman–Crippen MR) is 74.3 cm³/mol. The van der Waals surface area contributed by atoms with Crippen molar-refractivity contribution in [3.8, 4) is 5.75 Å².